The molecule has 0 saturated carbocycles. The predicted octanol–water partition coefficient (Wildman–Crippen LogP) is 4.15. The molecular weight excluding hydrogens is 336 g/mol. The van der Waals surface area contributed by atoms with Crippen LogP contribution in [0.3, 0.4) is 0 Å². The monoisotopic (exact) mass is 352 g/mol. The molecule has 0 radical (unpaired) electrons. The van der Waals surface area contributed by atoms with E-state index < -0.39 is 10.1 Å². The number of para-hydroxylation sites is 1. The van der Waals surface area contributed by atoms with Gasteiger partial charge in [0.1, 0.15) is 16.4 Å². The number of ether oxygens (including phenoxy) is 1. The maximum absolute atomic E-state index is 12.6. The third kappa shape index (κ3) is 3.86. The highest BCUT2D eigenvalue weighted by atomic mass is 35.5. The van der Waals surface area contributed by atoms with E-state index in [1.54, 1.807) is 37.3 Å². The zero-order valence-corrected chi connectivity index (χ0v) is 14.4. The van der Waals surface area contributed by atoms with Crippen molar-refractivity contribution in [2.75, 3.05) is 7.11 Å². The van der Waals surface area contributed by atoms with E-state index >= 15 is 0 Å². The minimum absolute atomic E-state index is 0.107. The van der Waals surface area contributed by atoms with E-state index in [0.29, 0.717) is 11.4 Å². The van der Waals surface area contributed by atoms with E-state index in [1.165, 1.54) is 13.2 Å². The predicted molar refractivity (Wildman–Crippen MR) is 90.9 cm³/mol. The van der Waals surface area contributed by atoms with Crippen LogP contribution in [-0.4, -0.2) is 15.5 Å². The first-order valence-corrected chi connectivity index (χ1v) is 8.65. The van der Waals surface area contributed by atoms with Gasteiger partial charge in [-0.3, -0.25) is 0 Å². The summed E-state index contributed by atoms with van der Waals surface area (Å²) in [7, 11) is -2.68. The quantitative estimate of drug-likeness (QED) is 0.578. The van der Waals surface area contributed by atoms with Gasteiger partial charge in [0.15, 0.2) is 0 Å². The Morgan fingerprint density at radius 3 is 2.57 bits per heavy atom. The van der Waals surface area contributed by atoms with Crippen LogP contribution in [0, 0.1) is 6.92 Å². The van der Waals surface area contributed by atoms with Crippen molar-refractivity contribution in [1.29, 1.82) is 0 Å². The molecule has 0 spiro atoms. The maximum Gasteiger partial charge on any atom is 0.342 e. The second kappa shape index (κ2) is 7.06. The van der Waals surface area contributed by atoms with Gasteiger partial charge < -0.3 is 8.92 Å². The average molecular weight is 353 g/mol. The van der Waals surface area contributed by atoms with Crippen LogP contribution >= 0.6 is 11.6 Å². The standard InChI is InChI=1S/C17H17ClO4S/c1-4-7-13-8-5-6-9-15(13)22-23(19,20)17-11-14(18)12(2)10-16(17)21-3/h4-6,8-11H,1,7H2,2-3H3. The molecule has 2 rings (SSSR count). The van der Waals surface area contributed by atoms with Crippen LogP contribution in [-0.2, 0) is 16.5 Å². The summed E-state index contributed by atoms with van der Waals surface area (Å²) in [6, 6.07) is 9.79. The van der Waals surface area contributed by atoms with Crippen molar-refractivity contribution < 1.29 is 17.3 Å². The summed E-state index contributed by atoms with van der Waals surface area (Å²) >= 11 is 6.04. The molecule has 2 aromatic rings. The van der Waals surface area contributed by atoms with E-state index in [1.807, 2.05) is 6.07 Å². The Hall–Kier alpha value is -1.98. The number of methoxy groups -OCH3 is 1. The Kier molecular flexibility index (Phi) is 5.34. The van der Waals surface area contributed by atoms with Crippen LogP contribution in [0.15, 0.2) is 53.9 Å². The molecule has 0 fully saturated rings. The van der Waals surface area contributed by atoms with Crippen LogP contribution in [0.25, 0.3) is 0 Å². The zero-order chi connectivity index (χ0) is 17.0. The molecule has 122 valence electrons. The van der Waals surface area contributed by atoms with Crippen LogP contribution < -0.4 is 8.92 Å². The Morgan fingerprint density at radius 1 is 1.22 bits per heavy atom. The molecule has 0 aliphatic heterocycles. The van der Waals surface area contributed by atoms with Gasteiger partial charge in [-0.1, -0.05) is 35.9 Å². The molecule has 4 nitrogen and oxygen atoms in total. The summed E-state index contributed by atoms with van der Waals surface area (Å²) in [5.74, 6) is 0.444. The first kappa shape index (κ1) is 17.4. The van der Waals surface area contributed by atoms with Crippen LogP contribution in [0.2, 0.25) is 5.02 Å². The number of rotatable bonds is 6. The molecule has 0 atom stereocenters. The molecular formula is C17H17ClO4S. The maximum atomic E-state index is 12.6. The van der Waals surface area contributed by atoms with Crippen molar-refractivity contribution in [2.45, 2.75) is 18.2 Å². The molecule has 0 saturated heterocycles. The molecule has 0 aliphatic carbocycles. The molecule has 6 heteroatoms. The number of hydrogen-bond donors (Lipinski definition) is 0. The van der Waals surface area contributed by atoms with Gasteiger partial charge in [-0.15, -0.1) is 6.58 Å². The molecule has 0 unspecified atom stereocenters. The molecule has 0 aliphatic rings. The van der Waals surface area contributed by atoms with Gasteiger partial charge >= 0.3 is 10.1 Å². The lowest BCUT2D eigenvalue weighted by atomic mass is 10.1. The summed E-state index contributed by atoms with van der Waals surface area (Å²) in [6.07, 6.45) is 2.18. The zero-order valence-electron chi connectivity index (χ0n) is 12.9. The van der Waals surface area contributed by atoms with Crippen molar-refractivity contribution in [3.8, 4) is 11.5 Å². The third-order valence-electron chi connectivity index (χ3n) is 3.25. The van der Waals surface area contributed by atoms with E-state index in [4.69, 9.17) is 20.5 Å². The van der Waals surface area contributed by atoms with Crippen molar-refractivity contribution in [1.82, 2.24) is 0 Å². The average Bonchev–Trinajstić information content (AvgIpc) is 2.51. The number of hydrogen-bond acceptors (Lipinski definition) is 4. The number of aryl methyl sites for hydroxylation is 1. The van der Waals surface area contributed by atoms with Crippen molar-refractivity contribution >= 4 is 21.7 Å². The minimum Gasteiger partial charge on any atom is -0.495 e. The topological polar surface area (TPSA) is 52.6 Å². The largest absolute Gasteiger partial charge is 0.495 e. The van der Waals surface area contributed by atoms with Crippen LogP contribution in [0.5, 0.6) is 11.5 Å². The lowest BCUT2D eigenvalue weighted by molar-refractivity contribution is 0.397. The van der Waals surface area contributed by atoms with E-state index in [9.17, 15) is 8.42 Å². The van der Waals surface area contributed by atoms with E-state index in [-0.39, 0.29) is 16.4 Å². The summed E-state index contributed by atoms with van der Waals surface area (Å²) < 4.78 is 35.7. The molecule has 0 bridgehead atoms. The van der Waals surface area contributed by atoms with Crippen molar-refractivity contribution in [3.63, 3.8) is 0 Å². The molecule has 2 aromatic carbocycles. The third-order valence-corrected chi connectivity index (χ3v) is 4.91. The second-order valence-electron chi connectivity index (χ2n) is 4.89. The normalized spacial score (nSPS) is 11.1. The van der Waals surface area contributed by atoms with Gasteiger partial charge in [-0.2, -0.15) is 8.42 Å². The van der Waals surface area contributed by atoms with Gasteiger partial charge in [-0.25, -0.2) is 0 Å². The Bertz CT molecular complexity index is 828. The summed E-state index contributed by atoms with van der Waals surface area (Å²) in [5.41, 5.74) is 1.44. The first-order chi connectivity index (χ1) is 10.9. The SMILES string of the molecule is C=CCc1ccccc1OS(=O)(=O)c1cc(Cl)c(C)cc1OC. The highest BCUT2D eigenvalue weighted by Gasteiger charge is 2.24. The highest BCUT2D eigenvalue weighted by molar-refractivity contribution is 7.87. The molecule has 23 heavy (non-hydrogen) atoms. The number of benzene rings is 2. The molecule has 0 N–H and O–H groups in total. The smallest absolute Gasteiger partial charge is 0.342 e. The van der Waals surface area contributed by atoms with Crippen LogP contribution in [0.4, 0.5) is 0 Å². The van der Waals surface area contributed by atoms with E-state index in [2.05, 4.69) is 6.58 Å². The fraction of sp³-hybridized carbons (Fsp3) is 0.176. The van der Waals surface area contributed by atoms with Gasteiger partial charge in [0.05, 0.1) is 7.11 Å². The van der Waals surface area contributed by atoms with Crippen molar-refractivity contribution in [3.05, 3.63) is 65.2 Å². The van der Waals surface area contributed by atoms with Gasteiger partial charge in [0.25, 0.3) is 0 Å². The lowest BCUT2D eigenvalue weighted by Gasteiger charge is -2.14. The first-order valence-electron chi connectivity index (χ1n) is 6.86. The Labute approximate surface area is 141 Å². The lowest BCUT2D eigenvalue weighted by Crippen LogP contribution is -2.12. The second-order valence-corrected chi connectivity index (χ2v) is 6.81. The Morgan fingerprint density at radius 2 is 1.91 bits per heavy atom. The highest BCUT2D eigenvalue weighted by Crippen LogP contribution is 2.32. The van der Waals surface area contributed by atoms with Gasteiger partial charge in [0, 0.05) is 5.02 Å². The molecule has 0 aromatic heterocycles. The fourth-order valence-corrected chi connectivity index (χ4v) is 3.43. The Balaban J connectivity index is 2.48. The minimum atomic E-state index is -4.08. The molecule has 0 amide bonds. The molecule has 0 heterocycles. The van der Waals surface area contributed by atoms with E-state index in [0.717, 1.165) is 11.1 Å². The van der Waals surface area contributed by atoms with Crippen LogP contribution in [0.1, 0.15) is 11.1 Å². The summed E-state index contributed by atoms with van der Waals surface area (Å²) in [4.78, 5) is -0.107. The summed E-state index contributed by atoms with van der Waals surface area (Å²) in [5, 5.41) is 0.326. The summed E-state index contributed by atoms with van der Waals surface area (Å²) in [6.45, 7) is 5.42. The van der Waals surface area contributed by atoms with Gasteiger partial charge in [0.2, 0.25) is 0 Å². The number of allylic oxidation sites excluding steroid dienone is 1. The van der Waals surface area contributed by atoms with Crippen molar-refractivity contribution in [2.24, 2.45) is 0 Å². The fourth-order valence-electron chi connectivity index (χ4n) is 2.06. The van der Waals surface area contributed by atoms with Gasteiger partial charge in [-0.05, 0) is 42.7 Å². The number of halogens is 1.